The molecule has 0 aliphatic heterocycles. The van der Waals surface area contributed by atoms with E-state index in [1.54, 1.807) is 0 Å². The molecular weight excluding hydrogens is 210 g/mol. The Bertz CT molecular complexity index is 315. The molecule has 4 nitrogen and oxygen atoms in total. The second-order valence-electron chi connectivity index (χ2n) is 3.93. The van der Waals surface area contributed by atoms with Crippen LogP contribution < -0.4 is 10.5 Å². The van der Waals surface area contributed by atoms with E-state index in [4.69, 9.17) is 10.5 Å². The van der Waals surface area contributed by atoms with Crippen molar-refractivity contribution in [2.24, 2.45) is 5.73 Å². The SMILES string of the molecule is CCc1nsc(OC2CCCCC2N)n1. The Balaban J connectivity index is 1.95. The minimum atomic E-state index is 0.136. The molecule has 1 aliphatic rings. The second-order valence-corrected chi connectivity index (χ2v) is 4.65. The lowest BCUT2D eigenvalue weighted by Crippen LogP contribution is -2.41. The van der Waals surface area contributed by atoms with Crippen LogP contribution >= 0.6 is 11.5 Å². The van der Waals surface area contributed by atoms with Crippen molar-refractivity contribution in [1.29, 1.82) is 0 Å². The molecule has 1 saturated carbocycles. The van der Waals surface area contributed by atoms with Crippen molar-refractivity contribution < 1.29 is 4.74 Å². The van der Waals surface area contributed by atoms with Crippen molar-refractivity contribution in [1.82, 2.24) is 9.36 Å². The van der Waals surface area contributed by atoms with Crippen LogP contribution in [-0.2, 0) is 6.42 Å². The first kappa shape index (κ1) is 10.8. The van der Waals surface area contributed by atoms with Gasteiger partial charge in [0.15, 0.2) is 0 Å². The largest absolute Gasteiger partial charge is 0.464 e. The van der Waals surface area contributed by atoms with E-state index in [2.05, 4.69) is 9.36 Å². The summed E-state index contributed by atoms with van der Waals surface area (Å²) in [5.41, 5.74) is 6.00. The summed E-state index contributed by atoms with van der Waals surface area (Å²) in [4.78, 5) is 4.29. The highest BCUT2D eigenvalue weighted by Crippen LogP contribution is 2.23. The summed E-state index contributed by atoms with van der Waals surface area (Å²) < 4.78 is 9.96. The van der Waals surface area contributed by atoms with Crippen LogP contribution in [0.3, 0.4) is 0 Å². The van der Waals surface area contributed by atoms with Gasteiger partial charge in [0.25, 0.3) is 5.19 Å². The molecule has 2 atom stereocenters. The molecule has 0 aromatic carbocycles. The Hall–Kier alpha value is -0.680. The van der Waals surface area contributed by atoms with Crippen molar-refractivity contribution in [3.8, 4) is 5.19 Å². The average molecular weight is 227 g/mol. The molecule has 1 fully saturated rings. The monoisotopic (exact) mass is 227 g/mol. The third-order valence-electron chi connectivity index (χ3n) is 2.77. The lowest BCUT2D eigenvalue weighted by atomic mass is 9.93. The molecule has 1 aromatic heterocycles. The summed E-state index contributed by atoms with van der Waals surface area (Å²) in [5.74, 6) is 0.861. The number of nitrogens with two attached hydrogens (primary N) is 1. The minimum Gasteiger partial charge on any atom is -0.464 e. The molecule has 5 heteroatoms. The van der Waals surface area contributed by atoms with Crippen LogP contribution in [0, 0.1) is 0 Å². The Morgan fingerprint density at radius 3 is 2.93 bits per heavy atom. The van der Waals surface area contributed by atoms with Crippen LogP contribution in [0.25, 0.3) is 0 Å². The van der Waals surface area contributed by atoms with Crippen LogP contribution in [0.4, 0.5) is 0 Å². The number of hydrogen-bond acceptors (Lipinski definition) is 5. The summed E-state index contributed by atoms with van der Waals surface area (Å²) in [6, 6.07) is 0.160. The van der Waals surface area contributed by atoms with Crippen molar-refractivity contribution in [3.05, 3.63) is 5.82 Å². The quantitative estimate of drug-likeness (QED) is 0.854. The van der Waals surface area contributed by atoms with E-state index in [-0.39, 0.29) is 12.1 Å². The Morgan fingerprint density at radius 1 is 1.47 bits per heavy atom. The molecule has 1 heterocycles. The van der Waals surface area contributed by atoms with E-state index >= 15 is 0 Å². The van der Waals surface area contributed by atoms with Crippen LogP contribution in [-0.4, -0.2) is 21.5 Å². The van der Waals surface area contributed by atoms with Gasteiger partial charge in [-0.25, -0.2) is 0 Å². The smallest absolute Gasteiger partial charge is 0.293 e. The standard InChI is InChI=1S/C10H17N3OS/c1-2-9-12-10(15-13-9)14-8-6-4-3-5-7(8)11/h7-8H,2-6,11H2,1H3. The van der Waals surface area contributed by atoms with Gasteiger partial charge in [0.2, 0.25) is 0 Å². The van der Waals surface area contributed by atoms with E-state index < -0.39 is 0 Å². The van der Waals surface area contributed by atoms with Crippen LogP contribution in [0.5, 0.6) is 5.19 Å². The fourth-order valence-electron chi connectivity index (χ4n) is 1.83. The maximum atomic E-state index is 6.00. The van der Waals surface area contributed by atoms with Crippen LogP contribution in [0.1, 0.15) is 38.4 Å². The predicted molar refractivity (Wildman–Crippen MR) is 60.1 cm³/mol. The highest BCUT2D eigenvalue weighted by molar-refractivity contribution is 7.07. The summed E-state index contributed by atoms with van der Waals surface area (Å²) in [5, 5.41) is 0.675. The maximum Gasteiger partial charge on any atom is 0.293 e. The first-order valence-electron chi connectivity index (χ1n) is 5.54. The number of aryl methyl sites for hydroxylation is 1. The first-order valence-corrected chi connectivity index (χ1v) is 6.31. The predicted octanol–water partition coefficient (Wildman–Crippen LogP) is 1.75. The van der Waals surface area contributed by atoms with Crippen molar-refractivity contribution in [2.45, 2.75) is 51.2 Å². The van der Waals surface area contributed by atoms with Gasteiger partial charge in [-0.3, -0.25) is 0 Å². The first-order chi connectivity index (χ1) is 7.29. The van der Waals surface area contributed by atoms with Gasteiger partial charge in [0, 0.05) is 24.0 Å². The number of nitrogens with zero attached hydrogens (tertiary/aromatic N) is 2. The van der Waals surface area contributed by atoms with E-state index in [9.17, 15) is 0 Å². The molecule has 2 N–H and O–H groups in total. The van der Waals surface area contributed by atoms with E-state index in [1.807, 2.05) is 6.92 Å². The van der Waals surface area contributed by atoms with Gasteiger partial charge in [-0.15, -0.1) is 0 Å². The number of ether oxygens (including phenoxy) is 1. The van der Waals surface area contributed by atoms with Gasteiger partial charge in [-0.2, -0.15) is 9.36 Å². The summed E-state index contributed by atoms with van der Waals surface area (Å²) in [6.45, 7) is 2.04. The zero-order chi connectivity index (χ0) is 10.7. The highest BCUT2D eigenvalue weighted by Gasteiger charge is 2.24. The molecule has 1 aromatic rings. The second kappa shape index (κ2) is 4.90. The van der Waals surface area contributed by atoms with Gasteiger partial charge in [-0.05, 0) is 19.3 Å². The molecule has 0 radical (unpaired) electrons. The van der Waals surface area contributed by atoms with E-state index in [0.29, 0.717) is 5.19 Å². The Labute approximate surface area is 94.0 Å². The van der Waals surface area contributed by atoms with Gasteiger partial charge in [0.1, 0.15) is 11.9 Å². The average Bonchev–Trinajstić information content (AvgIpc) is 2.69. The Kier molecular flexibility index (Phi) is 3.53. The topological polar surface area (TPSA) is 61.0 Å². The number of aromatic nitrogens is 2. The van der Waals surface area contributed by atoms with Crippen molar-refractivity contribution >= 4 is 11.5 Å². The molecule has 0 bridgehead atoms. The highest BCUT2D eigenvalue weighted by atomic mass is 32.1. The zero-order valence-corrected chi connectivity index (χ0v) is 9.80. The molecule has 15 heavy (non-hydrogen) atoms. The van der Waals surface area contributed by atoms with Crippen molar-refractivity contribution in [2.75, 3.05) is 0 Å². The molecule has 0 amide bonds. The number of rotatable bonds is 3. The number of hydrogen-bond donors (Lipinski definition) is 1. The fraction of sp³-hybridized carbons (Fsp3) is 0.800. The molecular formula is C10H17N3OS. The molecule has 2 unspecified atom stereocenters. The third-order valence-corrected chi connectivity index (χ3v) is 3.42. The van der Waals surface area contributed by atoms with Crippen LogP contribution in [0.15, 0.2) is 0 Å². The lowest BCUT2D eigenvalue weighted by Gasteiger charge is -2.27. The molecule has 2 rings (SSSR count). The van der Waals surface area contributed by atoms with Gasteiger partial charge >= 0.3 is 0 Å². The van der Waals surface area contributed by atoms with Gasteiger partial charge in [-0.1, -0.05) is 13.3 Å². The molecule has 0 saturated heterocycles. The van der Waals surface area contributed by atoms with Gasteiger partial charge in [0.05, 0.1) is 0 Å². The minimum absolute atomic E-state index is 0.136. The van der Waals surface area contributed by atoms with Gasteiger partial charge < -0.3 is 10.5 Å². The summed E-state index contributed by atoms with van der Waals surface area (Å²) in [7, 11) is 0. The third kappa shape index (κ3) is 2.66. The van der Waals surface area contributed by atoms with E-state index in [1.165, 1.54) is 24.4 Å². The fourth-order valence-corrected chi connectivity index (χ4v) is 2.50. The zero-order valence-electron chi connectivity index (χ0n) is 8.98. The Morgan fingerprint density at radius 2 is 2.27 bits per heavy atom. The molecule has 0 spiro atoms. The maximum absolute atomic E-state index is 6.00. The van der Waals surface area contributed by atoms with Crippen molar-refractivity contribution in [3.63, 3.8) is 0 Å². The van der Waals surface area contributed by atoms with E-state index in [0.717, 1.165) is 25.1 Å². The lowest BCUT2D eigenvalue weighted by molar-refractivity contribution is 0.131. The van der Waals surface area contributed by atoms with Crippen LogP contribution in [0.2, 0.25) is 0 Å². The summed E-state index contributed by atoms with van der Waals surface area (Å²) in [6.07, 6.45) is 5.52. The molecule has 1 aliphatic carbocycles. The summed E-state index contributed by atoms with van der Waals surface area (Å²) >= 11 is 1.33. The normalized spacial score (nSPS) is 26.5. The molecule has 84 valence electrons.